The first-order valence-corrected chi connectivity index (χ1v) is 9.66. The molecule has 0 atom stereocenters. The van der Waals surface area contributed by atoms with Gasteiger partial charge in [-0.15, -0.1) is 0 Å². The summed E-state index contributed by atoms with van der Waals surface area (Å²) in [6, 6.07) is 15.7. The van der Waals surface area contributed by atoms with Gasteiger partial charge in [-0.25, -0.2) is 8.78 Å². The molecule has 3 rings (SSSR count). The van der Waals surface area contributed by atoms with Gasteiger partial charge in [0.25, 0.3) is 0 Å². The number of anilines is 1. The van der Waals surface area contributed by atoms with E-state index in [2.05, 4.69) is 15.0 Å². The molecule has 1 heterocycles. The molecule has 0 saturated heterocycles. The van der Waals surface area contributed by atoms with Crippen molar-refractivity contribution < 1.29 is 13.6 Å². The van der Waals surface area contributed by atoms with Crippen LogP contribution < -0.4 is 10.0 Å². The molecule has 4 nitrogen and oxygen atoms in total. The lowest BCUT2D eigenvalue weighted by atomic mass is 10.1. The molecule has 0 saturated carbocycles. The van der Waals surface area contributed by atoms with E-state index in [0.29, 0.717) is 5.75 Å². The van der Waals surface area contributed by atoms with E-state index in [-0.39, 0.29) is 24.2 Å². The summed E-state index contributed by atoms with van der Waals surface area (Å²) in [5, 5.41) is 2.66. The summed E-state index contributed by atoms with van der Waals surface area (Å²) < 4.78 is 31.7. The first kappa shape index (κ1) is 19.8. The van der Waals surface area contributed by atoms with Crippen LogP contribution >= 0.6 is 11.9 Å². The quantitative estimate of drug-likeness (QED) is 0.549. The first-order valence-electron chi connectivity index (χ1n) is 8.67. The maximum absolute atomic E-state index is 14.7. The van der Waals surface area contributed by atoms with Crippen LogP contribution in [-0.4, -0.2) is 10.9 Å². The van der Waals surface area contributed by atoms with Gasteiger partial charge in [-0.2, -0.15) is 0 Å². The van der Waals surface area contributed by atoms with Crippen LogP contribution in [-0.2, 0) is 23.5 Å². The number of pyridine rings is 1. The van der Waals surface area contributed by atoms with Crippen LogP contribution in [0, 0.1) is 11.6 Å². The number of amides is 1. The summed E-state index contributed by atoms with van der Waals surface area (Å²) >= 11 is 1.30. The molecule has 2 N–H and O–H groups in total. The number of nitrogens with zero attached hydrogens (tertiary/aromatic N) is 1. The van der Waals surface area contributed by atoms with Gasteiger partial charge in [0.05, 0.1) is 12.1 Å². The standard InChI is InChI=1S/C21H19F2N3OS/c22-18-6-7-19(26-28-14-16-4-2-1-3-5-16)21(23)17(18)12-20(27)25-13-15-8-10-24-11-9-15/h1-11,26H,12-14H2,(H,25,27). The van der Waals surface area contributed by atoms with Crippen molar-refractivity contribution in [3.8, 4) is 0 Å². The fourth-order valence-electron chi connectivity index (χ4n) is 2.53. The van der Waals surface area contributed by atoms with Crippen molar-refractivity contribution in [2.24, 2.45) is 0 Å². The van der Waals surface area contributed by atoms with Gasteiger partial charge in [-0.3, -0.25) is 9.78 Å². The van der Waals surface area contributed by atoms with Crippen molar-refractivity contribution >= 4 is 23.5 Å². The highest BCUT2D eigenvalue weighted by Gasteiger charge is 2.17. The Labute approximate surface area is 166 Å². The number of halogens is 2. The van der Waals surface area contributed by atoms with Crippen LogP contribution in [0.3, 0.4) is 0 Å². The highest BCUT2D eigenvalue weighted by Crippen LogP contribution is 2.25. The smallest absolute Gasteiger partial charge is 0.224 e. The normalized spacial score (nSPS) is 10.5. The van der Waals surface area contributed by atoms with Crippen molar-refractivity contribution in [2.45, 2.75) is 18.7 Å². The van der Waals surface area contributed by atoms with Crippen molar-refractivity contribution in [2.75, 3.05) is 4.72 Å². The van der Waals surface area contributed by atoms with Gasteiger partial charge >= 0.3 is 0 Å². The van der Waals surface area contributed by atoms with Gasteiger partial charge in [-0.1, -0.05) is 30.3 Å². The Balaban J connectivity index is 1.59. The molecule has 144 valence electrons. The van der Waals surface area contributed by atoms with Crippen LogP contribution in [0.2, 0.25) is 0 Å². The highest BCUT2D eigenvalue weighted by molar-refractivity contribution is 7.99. The third-order valence-electron chi connectivity index (χ3n) is 4.03. The minimum Gasteiger partial charge on any atom is -0.352 e. The van der Waals surface area contributed by atoms with E-state index in [9.17, 15) is 13.6 Å². The van der Waals surface area contributed by atoms with Crippen LogP contribution in [0.15, 0.2) is 67.0 Å². The lowest BCUT2D eigenvalue weighted by molar-refractivity contribution is -0.120. The number of hydrogen-bond acceptors (Lipinski definition) is 4. The summed E-state index contributed by atoms with van der Waals surface area (Å²) in [6.07, 6.45) is 2.85. The lowest BCUT2D eigenvalue weighted by Gasteiger charge is -2.12. The molecule has 0 aliphatic heterocycles. The van der Waals surface area contributed by atoms with E-state index in [4.69, 9.17) is 0 Å². The zero-order valence-corrected chi connectivity index (χ0v) is 15.8. The zero-order chi connectivity index (χ0) is 19.8. The maximum Gasteiger partial charge on any atom is 0.224 e. The monoisotopic (exact) mass is 399 g/mol. The third kappa shape index (κ3) is 5.53. The Kier molecular flexibility index (Phi) is 6.97. The van der Waals surface area contributed by atoms with Gasteiger partial charge in [0, 0.05) is 30.3 Å². The number of rotatable bonds is 8. The van der Waals surface area contributed by atoms with Crippen LogP contribution in [0.4, 0.5) is 14.5 Å². The Morgan fingerprint density at radius 1 is 0.964 bits per heavy atom. The number of carbonyl (C=O) groups excluding carboxylic acids is 1. The number of hydrogen-bond donors (Lipinski definition) is 2. The predicted octanol–water partition coefficient (Wildman–Crippen LogP) is 4.48. The van der Waals surface area contributed by atoms with E-state index in [1.807, 2.05) is 30.3 Å². The van der Waals surface area contributed by atoms with Crippen molar-refractivity contribution in [3.63, 3.8) is 0 Å². The molecule has 1 aromatic heterocycles. The molecule has 2 aromatic carbocycles. The molecule has 0 radical (unpaired) electrons. The van der Waals surface area contributed by atoms with E-state index in [1.165, 1.54) is 24.1 Å². The Morgan fingerprint density at radius 3 is 2.46 bits per heavy atom. The van der Waals surface area contributed by atoms with Crippen molar-refractivity contribution in [1.82, 2.24) is 10.3 Å². The molecule has 0 bridgehead atoms. The molecule has 0 aliphatic rings. The van der Waals surface area contributed by atoms with E-state index in [0.717, 1.165) is 11.1 Å². The molecule has 0 aliphatic carbocycles. The van der Waals surface area contributed by atoms with E-state index >= 15 is 0 Å². The summed E-state index contributed by atoms with van der Waals surface area (Å²) in [4.78, 5) is 16.0. The zero-order valence-electron chi connectivity index (χ0n) is 15.0. The molecule has 28 heavy (non-hydrogen) atoms. The van der Waals surface area contributed by atoms with Gasteiger partial charge in [0.2, 0.25) is 5.91 Å². The Bertz CT molecular complexity index is 924. The topological polar surface area (TPSA) is 54.0 Å². The van der Waals surface area contributed by atoms with E-state index < -0.39 is 17.5 Å². The number of aromatic nitrogens is 1. The third-order valence-corrected chi connectivity index (χ3v) is 4.87. The Hall–Kier alpha value is -2.93. The summed E-state index contributed by atoms with van der Waals surface area (Å²) in [5.74, 6) is -1.32. The van der Waals surface area contributed by atoms with Crippen LogP contribution in [0.5, 0.6) is 0 Å². The number of carbonyl (C=O) groups is 1. The van der Waals surface area contributed by atoms with Gasteiger partial charge in [0.15, 0.2) is 5.82 Å². The second-order valence-electron chi connectivity index (χ2n) is 6.07. The number of nitrogens with one attached hydrogen (secondary N) is 2. The largest absolute Gasteiger partial charge is 0.352 e. The lowest BCUT2D eigenvalue weighted by Crippen LogP contribution is -2.25. The molecule has 3 aromatic rings. The van der Waals surface area contributed by atoms with E-state index in [1.54, 1.807) is 24.5 Å². The van der Waals surface area contributed by atoms with Gasteiger partial charge < -0.3 is 10.0 Å². The SMILES string of the molecule is O=C(Cc1c(F)ccc(NSCc2ccccc2)c1F)NCc1ccncc1. The maximum atomic E-state index is 14.7. The Morgan fingerprint density at radius 2 is 1.71 bits per heavy atom. The fraction of sp³-hybridized carbons (Fsp3) is 0.143. The van der Waals surface area contributed by atoms with Crippen molar-refractivity contribution in [3.05, 3.63) is 95.3 Å². The predicted molar refractivity (Wildman–Crippen MR) is 108 cm³/mol. The molecule has 0 spiro atoms. The van der Waals surface area contributed by atoms with Crippen LogP contribution in [0.25, 0.3) is 0 Å². The minimum atomic E-state index is -0.750. The minimum absolute atomic E-state index is 0.152. The van der Waals surface area contributed by atoms with Crippen LogP contribution in [0.1, 0.15) is 16.7 Å². The molecule has 1 amide bonds. The highest BCUT2D eigenvalue weighted by atomic mass is 32.2. The summed E-state index contributed by atoms with van der Waals surface area (Å²) in [5.41, 5.74) is 1.84. The average Bonchev–Trinajstić information content (AvgIpc) is 2.73. The summed E-state index contributed by atoms with van der Waals surface area (Å²) in [7, 11) is 0. The van der Waals surface area contributed by atoms with Gasteiger partial charge in [-0.05, 0) is 47.3 Å². The first-order chi connectivity index (χ1) is 13.6. The molecular weight excluding hydrogens is 380 g/mol. The molecular formula is C21H19F2N3OS. The fourth-order valence-corrected chi connectivity index (χ4v) is 3.28. The second-order valence-corrected chi connectivity index (χ2v) is 6.85. The van der Waals surface area contributed by atoms with Gasteiger partial charge in [0.1, 0.15) is 5.82 Å². The average molecular weight is 399 g/mol. The number of benzene rings is 2. The molecule has 0 unspecified atom stereocenters. The molecule has 0 fully saturated rings. The second kappa shape index (κ2) is 9.85. The molecule has 7 heteroatoms. The summed E-state index contributed by atoms with van der Waals surface area (Å²) in [6.45, 7) is 0.273. The van der Waals surface area contributed by atoms with Crippen molar-refractivity contribution in [1.29, 1.82) is 0 Å².